The van der Waals surface area contributed by atoms with Crippen LogP contribution in [0.15, 0.2) is 18.3 Å². The van der Waals surface area contributed by atoms with Crippen LogP contribution in [-0.2, 0) is 4.74 Å². The van der Waals surface area contributed by atoms with Gasteiger partial charge >= 0.3 is 0 Å². The van der Waals surface area contributed by atoms with Gasteiger partial charge in [0.1, 0.15) is 0 Å². The molecule has 1 heterocycles. The SMILES string of the molecule is COCCN(CC(C)C)C(=O)c1cccnc1NN. The van der Waals surface area contributed by atoms with Crippen LogP contribution in [0.25, 0.3) is 0 Å². The van der Waals surface area contributed by atoms with Crippen molar-refractivity contribution < 1.29 is 9.53 Å². The first-order valence-electron chi connectivity index (χ1n) is 6.30. The Labute approximate surface area is 113 Å². The molecule has 1 rings (SSSR count). The Balaban J connectivity index is 2.90. The molecular weight excluding hydrogens is 244 g/mol. The maximum Gasteiger partial charge on any atom is 0.257 e. The van der Waals surface area contributed by atoms with E-state index in [0.717, 1.165) is 0 Å². The highest BCUT2D eigenvalue weighted by Crippen LogP contribution is 2.14. The molecule has 0 aliphatic carbocycles. The molecular formula is C13H22N4O2. The van der Waals surface area contributed by atoms with Crippen LogP contribution in [0.4, 0.5) is 5.82 Å². The highest BCUT2D eigenvalue weighted by atomic mass is 16.5. The van der Waals surface area contributed by atoms with Gasteiger partial charge in [-0.1, -0.05) is 13.8 Å². The highest BCUT2D eigenvalue weighted by molar-refractivity contribution is 5.98. The number of carbonyl (C=O) groups excluding carboxylic acids is 1. The smallest absolute Gasteiger partial charge is 0.257 e. The molecule has 1 aromatic heterocycles. The van der Waals surface area contributed by atoms with Gasteiger partial charge in [0.05, 0.1) is 12.2 Å². The lowest BCUT2D eigenvalue weighted by Crippen LogP contribution is -2.37. The first-order valence-corrected chi connectivity index (χ1v) is 6.30. The van der Waals surface area contributed by atoms with Crippen molar-refractivity contribution in [1.82, 2.24) is 9.88 Å². The molecule has 1 amide bonds. The molecule has 6 nitrogen and oxygen atoms in total. The molecule has 0 bridgehead atoms. The number of methoxy groups -OCH3 is 1. The first kappa shape index (κ1) is 15.4. The number of carbonyl (C=O) groups is 1. The Kier molecular flexibility index (Phi) is 6.24. The fraction of sp³-hybridized carbons (Fsp3) is 0.538. The largest absolute Gasteiger partial charge is 0.383 e. The predicted octanol–water partition coefficient (Wildman–Crippen LogP) is 1.11. The van der Waals surface area contributed by atoms with E-state index in [2.05, 4.69) is 24.3 Å². The molecule has 3 N–H and O–H groups in total. The fourth-order valence-electron chi connectivity index (χ4n) is 1.78. The van der Waals surface area contributed by atoms with Crippen LogP contribution < -0.4 is 11.3 Å². The van der Waals surface area contributed by atoms with Crippen LogP contribution in [0.2, 0.25) is 0 Å². The third kappa shape index (κ3) is 4.50. The molecule has 0 aromatic carbocycles. The molecule has 106 valence electrons. The summed E-state index contributed by atoms with van der Waals surface area (Å²) in [5, 5.41) is 0. The summed E-state index contributed by atoms with van der Waals surface area (Å²) in [6, 6.07) is 3.43. The van der Waals surface area contributed by atoms with Crippen LogP contribution >= 0.6 is 0 Å². The van der Waals surface area contributed by atoms with E-state index in [4.69, 9.17) is 10.6 Å². The van der Waals surface area contributed by atoms with E-state index in [1.54, 1.807) is 30.3 Å². The minimum Gasteiger partial charge on any atom is -0.383 e. The molecule has 0 atom stereocenters. The van der Waals surface area contributed by atoms with Crippen molar-refractivity contribution in [3.05, 3.63) is 23.9 Å². The molecule has 0 radical (unpaired) electrons. The van der Waals surface area contributed by atoms with Gasteiger partial charge in [-0.2, -0.15) is 0 Å². The minimum absolute atomic E-state index is 0.0909. The molecule has 0 unspecified atom stereocenters. The van der Waals surface area contributed by atoms with E-state index >= 15 is 0 Å². The van der Waals surface area contributed by atoms with E-state index < -0.39 is 0 Å². The number of ether oxygens (including phenoxy) is 1. The topological polar surface area (TPSA) is 80.5 Å². The van der Waals surface area contributed by atoms with Gasteiger partial charge in [-0.05, 0) is 18.1 Å². The van der Waals surface area contributed by atoms with Gasteiger partial charge in [0.25, 0.3) is 5.91 Å². The predicted molar refractivity (Wildman–Crippen MR) is 74.7 cm³/mol. The van der Waals surface area contributed by atoms with Crippen LogP contribution in [-0.4, -0.2) is 42.6 Å². The lowest BCUT2D eigenvalue weighted by atomic mass is 10.1. The van der Waals surface area contributed by atoms with Gasteiger partial charge in [0.2, 0.25) is 0 Å². The molecule has 19 heavy (non-hydrogen) atoms. The number of nitrogens with two attached hydrogens (primary N) is 1. The lowest BCUT2D eigenvalue weighted by Gasteiger charge is -2.25. The second-order valence-electron chi connectivity index (χ2n) is 4.68. The molecule has 0 aliphatic heterocycles. The Morgan fingerprint density at radius 2 is 2.32 bits per heavy atom. The normalized spacial score (nSPS) is 10.6. The van der Waals surface area contributed by atoms with Crippen LogP contribution in [0.1, 0.15) is 24.2 Å². The number of rotatable bonds is 7. The average Bonchev–Trinajstić information content (AvgIpc) is 2.42. The lowest BCUT2D eigenvalue weighted by molar-refractivity contribution is 0.0673. The number of anilines is 1. The monoisotopic (exact) mass is 266 g/mol. The number of hydrogen-bond acceptors (Lipinski definition) is 5. The average molecular weight is 266 g/mol. The summed E-state index contributed by atoms with van der Waals surface area (Å²) in [7, 11) is 1.62. The van der Waals surface area contributed by atoms with E-state index in [1.807, 2.05) is 0 Å². The third-order valence-corrected chi connectivity index (χ3v) is 2.61. The third-order valence-electron chi connectivity index (χ3n) is 2.61. The number of nitrogen functional groups attached to an aromatic ring is 1. The molecule has 0 saturated heterocycles. The highest BCUT2D eigenvalue weighted by Gasteiger charge is 2.19. The fourth-order valence-corrected chi connectivity index (χ4v) is 1.78. The molecule has 6 heteroatoms. The minimum atomic E-state index is -0.0909. The maximum absolute atomic E-state index is 12.5. The van der Waals surface area contributed by atoms with Gasteiger partial charge in [-0.3, -0.25) is 4.79 Å². The quantitative estimate of drug-likeness (QED) is 0.571. The number of hydrazine groups is 1. The number of pyridine rings is 1. The van der Waals surface area contributed by atoms with Crippen LogP contribution in [0, 0.1) is 5.92 Å². The van der Waals surface area contributed by atoms with Crippen molar-refractivity contribution in [2.24, 2.45) is 11.8 Å². The Morgan fingerprint density at radius 1 is 1.58 bits per heavy atom. The van der Waals surface area contributed by atoms with Crippen LogP contribution in [0.5, 0.6) is 0 Å². The van der Waals surface area contributed by atoms with Gasteiger partial charge in [0.15, 0.2) is 5.82 Å². The van der Waals surface area contributed by atoms with Crippen molar-refractivity contribution >= 4 is 11.7 Å². The maximum atomic E-state index is 12.5. The zero-order valence-corrected chi connectivity index (χ0v) is 11.7. The summed E-state index contributed by atoms with van der Waals surface area (Å²) in [5.74, 6) is 6.06. The number of amides is 1. The first-order chi connectivity index (χ1) is 9.10. The molecule has 0 fully saturated rings. The Morgan fingerprint density at radius 3 is 2.89 bits per heavy atom. The van der Waals surface area contributed by atoms with Gasteiger partial charge in [-0.25, -0.2) is 10.8 Å². The number of nitrogens with zero attached hydrogens (tertiary/aromatic N) is 2. The van der Waals surface area contributed by atoms with Crippen molar-refractivity contribution in [3.63, 3.8) is 0 Å². The standard InChI is InChI=1S/C13H22N4O2/c1-10(2)9-17(7-8-19-3)13(18)11-5-4-6-15-12(11)16-14/h4-6,10H,7-9,14H2,1-3H3,(H,15,16). The Hall–Kier alpha value is -1.66. The second kappa shape index (κ2) is 7.70. The zero-order chi connectivity index (χ0) is 14.3. The summed E-state index contributed by atoms with van der Waals surface area (Å²) in [6.45, 7) is 5.86. The van der Waals surface area contributed by atoms with E-state index in [1.165, 1.54) is 0 Å². The van der Waals surface area contributed by atoms with Gasteiger partial charge in [-0.15, -0.1) is 0 Å². The summed E-state index contributed by atoms with van der Waals surface area (Å²) in [6.07, 6.45) is 1.59. The van der Waals surface area contributed by atoms with Crippen molar-refractivity contribution in [3.8, 4) is 0 Å². The molecule has 1 aromatic rings. The number of hydrogen-bond donors (Lipinski definition) is 2. The van der Waals surface area contributed by atoms with Crippen molar-refractivity contribution in [2.45, 2.75) is 13.8 Å². The summed E-state index contributed by atoms with van der Waals surface area (Å²) in [4.78, 5) is 18.3. The summed E-state index contributed by atoms with van der Waals surface area (Å²) < 4.78 is 5.05. The van der Waals surface area contributed by atoms with Gasteiger partial charge in [0, 0.05) is 26.4 Å². The van der Waals surface area contributed by atoms with Crippen molar-refractivity contribution in [1.29, 1.82) is 0 Å². The summed E-state index contributed by atoms with van der Waals surface area (Å²) in [5.41, 5.74) is 2.92. The molecule has 0 spiro atoms. The van der Waals surface area contributed by atoms with E-state index in [0.29, 0.717) is 37.0 Å². The zero-order valence-electron chi connectivity index (χ0n) is 11.7. The number of aromatic nitrogens is 1. The molecule has 0 saturated carbocycles. The van der Waals surface area contributed by atoms with Crippen LogP contribution in [0.3, 0.4) is 0 Å². The van der Waals surface area contributed by atoms with Crippen molar-refractivity contribution in [2.75, 3.05) is 32.2 Å². The molecule has 0 aliphatic rings. The Bertz CT molecular complexity index is 409. The second-order valence-corrected chi connectivity index (χ2v) is 4.68. The van der Waals surface area contributed by atoms with Gasteiger partial charge < -0.3 is 15.1 Å². The number of nitrogens with one attached hydrogen (secondary N) is 1. The van der Waals surface area contributed by atoms with E-state index in [9.17, 15) is 4.79 Å². The summed E-state index contributed by atoms with van der Waals surface area (Å²) >= 11 is 0. The van der Waals surface area contributed by atoms with E-state index in [-0.39, 0.29) is 5.91 Å².